The van der Waals surface area contributed by atoms with E-state index in [1.165, 1.54) is 64.2 Å². The summed E-state index contributed by atoms with van der Waals surface area (Å²) in [4.78, 5) is 23.7. The van der Waals surface area contributed by atoms with Gasteiger partial charge in [-0.05, 0) is 30.9 Å². The first-order chi connectivity index (χ1) is 14.3. The number of morpholine rings is 1. The minimum Gasteiger partial charge on any atom is -0.376 e. The van der Waals surface area contributed by atoms with Crippen molar-refractivity contribution in [2.45, 2.75) is 83.2 Å². The van der Waals surface area contributed by atoms with Gasteiger partial charge in [-0.15, -0.1) is 0 Å². The molecule has 0 spiro atoms. The van der Waals surface area contributed by atoms with Crippen molar-refractivity contribution >= 4 is 11.8 Å². The zero-order chi connectivity index (χ0) is 20.3. The van der Waals surface area contributed by atoms with E-state index in [9.17, 15) is 9.59 Å². The van der Waals surface area contributed by atoms with E-state index in [4.69, 9.17) is 4.74 Å². The van der Waals surface area contributed by atoms with Crippen LogP contribution in [-0.2, 0) is 11.2 Å². The van der Waals surface area contributed by atoms with Gasteiger partial charge in [-0.3, -0.25) is 14.9 Å². The summed E-state index contributed by atoms with van der Waals surface area (Å²) < 4.78 is 5.73. The molecule has 1 atom stereocenters. The number of aryl methyl sites for hydroxylation is 1. The fraction of sp³-hybridized carbons (Fsp3) is 0.667. The van der Waals surface area contributed by atoms with Gasteiger partial charge in [0, 0.05) is 13.1 Å². The lowest BCUT2D eigenvalue weighted by Gasteiger charge is -2.23. The fourth-order valence-corrected chi connectivity index (χ4v) is 4.41. The summed E-state index contributed by atoms with van der Waals surface area (Å²) in [6, 6.07) is 5.60. The van der Waals surface area contributed by atoms with Gasteiger partial charge in [-0.1, -0.05) is 69.9 Å². The van der Waals surface area contributed by atoms with Crippen LogP contribution in [0.4, 0.5) is 0 Å². The molecule has 1 aromatic rings. The first-order valence-electron chi connectivity index (χ1n) is 11.6. The minimum atomic E-state index is -0.258. The average molecular weight is 401 g/mol. The van der Waals surface area contributed by atoms with Gasteiger partial charge >= 0.3 is 0 Å². The molecule has 1 aromatic carbocycles. The summed E-state index contributed by atoms with van der Waals surface area (Å²) >= 11 is 0. The highest BCUT2D eigenvalue weighted by Gasteiger charge is 2.28. The number of hydrogen-bond acceptors (Lipinski definition) is 4. The van der Waals surface area contributed by atoms with E-state index in [0.717, 1.165) is 38.1 Å². The lowest BCUT2D eigenvalue weighted by Crippen LogP contribution is -2.38. The van der Waals surface area contributed by atoms with Gasteiger partial charge in [-0.25, -0.2) is 0 Å². The lowest BCUT2D eigenvalue weighted by molar-refractivity contribution is 0.0220. The van der Waals surface area contributed by atoms with Crippen molar-refractivity contribution in [3.8, 4) is 0 Å². The predicted molar refractivity (Wildman–Crippen MR) is 115 cm³/mol. The summed E-state index contributed by atoms with van der Waals surface area (Å²) in [6.45, 7) is 2.90. The third-order valence-corrected chi connectivity index (χ3v) is 6.08. The molecule has 0 bridgehead atoms. The third kappa shape index (κ3) is 6.93. The number of unbranched alkanes of at least 4 members (excludes halogenated alkanes) is 9. The largest absolute Gasteiger partial charge is 0.376 e. The topological polar surface area (TPSA) is 67.4 Å². The van der Waals surface area contributed by atoms with E-state index in [1.54, 1.807) is 6.07 Å². The number of nitrogens with one attached hydrogen (secondary N) is 2. The molecule has 0 aromatic heterocycles. The van der Waals surface area contributed by atoms with E-state index >= 15 is 0 Å². The molecule has 2 N–H and O–H groups in total. The zero-order valence-corrected chi connectivity index (χ0v) is 17.6. The molecule has 2 aliphatic rings. The Hall–Kier alpha value is -1.72. The van der Waals surface area contributed by atoms with Crippen LogP contribution in [0.5, 0.6) is 0 Å². The molecule has 5 heteroatoms. The second kappa shape index (κ2) is 12.1. The van der Waals surface area contributed by atoms with Crippen molar-refractivity contribution in [2.75, 3.05) is 19.7 Å². The van der Waals surface area contributed by atoms with E-state index in [-0.39, 0.29) is 11.8 Å². The number of benzene rings is 1. The van der Waals surface area contributed by atoms with Crippen molar-refractivity contribution in [2.24, 2.45) is 0 Å². The first kappa shape index (κ1) is 22.0. The van der Waals surface area contributed by atoms with Crippen LogP contribution in [0.2, 0.25) is 0 Å². The van der Waals surface area contributed by atoms with E-state index in [2.05, 4.69) is 10.6 Å². The third-order valence-electron chi connectivity index (χ3n) is 6.08. The van der Waals surface area contributed by atoms with Crippen molar-refractivity contribution in [1.29, 1.82) is 0 Å². The highest BCUT2D eigenvalue weighted by Crippen LogP contribution is 2.22. The molecule has 0 saturated carbocycles. The normalized spacial score (nSPS) is 18.7. The Balaban J connectivity index is 1.16. The van der Waals surface area contributed by atoms with Crippen LogP contribution >= 0.6 is 0 Å². The molecule has 2 heterocycles. The number of amides is 2. The van der Waals surface area contributed by atoms with Crippen LogP contribution in [0.25, 0.3) is 0 Å². The van der Waals surface area contributed by atoms with E-state index < -0.39 is 0 Å². The Labute approximate surface area is 175 Å². The smallest absolute Gasteiger partial charge is 0.259 e. The van der Waals surface area contributed by atoms with Crippen molar-refractivity contribution in [1.82, 2.24) is 10.6 Å². The Kier molecular flexibility index (Phi) is 9.16. The molecule has 29 heavy (non-hydrogen) atoms. The molecule has 0 radical (unpaired) electrons. The molecular formula is C24H36N2O3. The number of carbonyl (C=O) groups excluding carboxylic acids is 2. The Morgan fingerprint density at radius 3 is 2.24 bits per heavy atom. The summed E-state index contributed by atoms with van der Waals surface area (Å²) in [6.07, 6.45) is 15.3. The number of imide groups is 1. The summed E-state index contributed by atoms with van der Waals surface area (Å²) in [5.74, 6) is -0.491. The fourth-order valence-electron chi connectivity index (χ4n) is 4.41. The molecule has 0 aliphatic carbocycles. The summed E-state index contributed by atoms with van der Waals surface area (Å²) in [5, 5.41) is 5.79. The predicted octanol–water partition coefficient (Wildman–Crippen LogP) is 4.39. The molecule has 1 saturated heterocycles. The van der Waals surface area contributed by atoms with E-state index in [0.29, 0.717) is 17.2 Å². The maximum atomic E-state index is 11.9. The monoisotopic (exact) mass is 400 g/mol. The molecule has 2 amide bonds. The van der Waals surface area contributed by atoms with Gasteiger partial charge in [0.15, 0.2) is 0 Å². The number of rotatable bonds is 13. The molecule has 2 aliphatic heterocycles. The Morgan fingerprint density at radius 1 is 0.862 bits per heavy atom. The molecule has 1 fully saturated rings. The maximum absolute atomic E-state index is 11.9. The van der Waals surface area contributed by atoms with Gasteiger partial charge in [0.2, 0.25) is 0 Å². The van der Waals surface area contributed by atoms with Gasteiger partial charge in [0.1, 0.15) is 0 Å². The maximum Gasteiger partial charge on any atom is 0.259 e. The average Bonchev–Trinajstić information content (AvgIpc) is 3.04. The number of ether oxygens (including phenoxy) is 1. The SMILES string of the molecule is O=C1NC(=O)c2c(CCCCCCCCCCCCC3CNCCO3)cccc21. The quantitative estimate of drug-likeness (QED) is 0.381. The van der Waals surface area contributed by atoms with Crippen LogP contribution in [0, 0.1) is 0 Å². The van der Waals surface area contributed by atoms with Crippen molar-refractivity contribution < 1.29 is 14.3 Å². The van der Waals surface area contributed by atoms with Gasteiger partial charge in [0.05, 0.1) is 23.8 Å². The van der Waals surface area contributed by atoms with Gasteiger partial charge < -0.3 is 10.1 Å². The van der Waals surface area contributed by atoms with Crippen LogP contribution in [0.15, 0.2) is 18.2 Å². The second-order valence-electron chi connectivity index (χ2n) is 8.39. The highest BCUT2D eigenvalue weighted by atomic mass is 16.5. The zero-order valence-electron chi connectivity index (χ0n) is 17.6. The molecule has 5 nitrogen and oxygen atoms in total. The molecule has 1 unspecified atom stereocenters. The molecular weight excluding hydrogens is 364 g/mol. The molecule has 160 valence electrons. The Morgan fingerprint density at radius 2 is 1.55 bits per heavy atom. The number of fused-ring (bicyclic) bond motifs is 1. The minimum absolute atomic E-state index is 0.233. The number of hydrogen-bond donors (Lipinski definition) is 2. The summed E-state index contributed by atoms with van der Waals surface area (Å²) in [7, 11) is 0. The second-order valence-corrected chi connectivity index (χ2v) is 8.39. The first-order valence-corrected chi connectivity index (χ1v) is 11.6. The lowest BCUT2D eigenvalue weighted by atomic mass is 9.97. The van der Waals surface area contributed by atoms with Crippen LogP contribution in [0.3, 0.4) is 0 Å². The standard InChI is InChI=1S/C24H36N2O3/c27-23-21-15-11-13-19(22(21)24(28)26-23)12-9-7-5-3-1-2-4-6-8-10-14-20-18-25-16-17-29-20/h11,13,15,20,25H,1-10,12,14,16-18H2,(H,26,27,28). The van der Waals surface area contributed by atoms with Crippen LogP contribution < -0.4 is 10.6 Å². The summed E-state index contributed by atoms with van der Waals surface area (Å²) in [5.41, 5.74) is 2.15. The Bertz CT molecular complexity index is 668. The van der Waals surface area contributed by atoms with Crippen LogP contribution in [-0.4, -0.2) is 37.6 Å². The van der Waals surface area contributed by atoms with Crippen LogP contribution in [0.1, 0.15) is 96.9 Å². The highest BCUT2D eigenvalue weighted by molar-refractivity contribution is 6.22. The van der Waals surface area contributed by atoms with Gasteiger partial charge in [-0.2, -0.15) is 0 Å². The van der Waals surface area contributed by atoms with Gasteiger partial charge in [0.25, 0.3) is 11.8 Å². The van der Waals surface area contributed by atoms with E-state index in [1.807, 2.05) is 12.1 Å². The molecule has 3 rings (SSSR count). The van der Waals surface area contributed by atoms with Crippen molar-refractivity contribution in [3.05, 3.63) is 34.9 Å². The number of carbonyl (C=O) groups is 2. The van der Waals surface area contributed by atoms with Crippen molar-refractivity contribution in [3.63, 3.8) is 0 Å².